The second kappa shape index (κ2) is 9.06. The Labute approximate surface area is 165 Å². The van der Waals surface area contributed by atoms with Crippen molar-refractivity contribution < 1.29 is 15.1 Å². The maximum absolute atomic E-state index is 6.11. The van der Waals surface area contributed by atoms with Gasteiger partial charge in [-0.25, -0.2) is 0 Å². The van der Waals surface area contributed by atoms with Crippen molar-refractivity contribution in [2.24, 2.45) is 17.8 Å². The standard InChI is InChI=1S/C21H41N5O/c1-15-6-8-16(9-7-15)14-26-12-4-5-18(26)21-23-20(24-27-21)17-10-11-19(22-13-17)25(2)3/h15-24H,4-14H2,1-3H3/p+2. The van der Waals surface area contributed by atoms with E-state index in [9.17, 15) is 0 Å². The predicted molar refractivity (Wildman–Crippen MR) is 107 cm³/mol. The van der Waals surface area contributed by atoms with Crippen LogP contribution in [-0.2, 0) is 4.84 Å². The van der Waals surface area contributed by atoms with Gasteiger partial charge in [-0.15, -0.1) is 0 Å². The fraction of sp³-hybridized carbons (Fsp3) is 1.00. The number of nitrogens with one attached hydrogen (secondary N) is 3. The second-order valence-electron chi connectivity index (χ2n) is 10.1. The molecule has 6 nitrogen and oxygen atoms in total. The number of nitrogens with zero attached hydrogens (tertiary/aromatic N) is 1. The Morgan fingerprint density at radius 3 is 2.59 bits per heavy atom. The summed E-state index contributed by atoms with van der Waals surface area (Å²) < 4.78 is 0. The highest BCUT2D eigenvalue weighted by Crippen LogP contribution is 2.27. The van der Waals surface area contributed by atoms with E-state index in [4.69, 9.17) is 4.84 Å². The summed E-state index contributed by atoms with van der Waals surface area (Å²) in [5, 5.41) is 6.34. The first kappa shape index (κ1) is 20.0. The molecule has 6 unspecified atom stereocenters. The second-order valence-corrected chi connectivity index (χ2v) is 10.1. The normalized spacial score (nSPS) is 46.2. The van der Waals surface area contributed by atoms with Crippen LogP contribution < -0.4 is 21.0 Å². The fourth-order valence-corrected chi connectivity index (χ4v) is 6.01. The Morgan fingerprint density at radius 2 is 1.89 bits per heavy atom. The molecule has 3 saturated heterocycles. The Balaban J connectivity index is 1.25. The predicted octanol–water partition coefficient (Wildman–Crippen LogP) is -0.502. The van der Waals surface area contributed by atoms with Crippen LogP contribution in [0.4, 0.5) is 0 Å². The van der Waals surface area contributed by atoms with Gasteiger partial charge in [0.15, 0.2) is 6.23 Å². The molecule has 27 heavy (non-hydrogen) atoms. The molecule has 4 aliphatic rings. The van der Waals surface area contributed by atoms with Crippen LogP contribution in [0.1, 0.15) is 58.3 Å². The number of nitrogens with two attached hydrogens (primary N) is 1. The SMILES string of the molecule is CC1CCC(C[NH+]2CCCC2C2NC(C3CCC(N(C)C)[NH2+]C3)NO2)CC1. The van der Waals surface area contributed by atoms with Crippen LogP contribution in [0.5, 0.6) is 0 Å². The van der Waals surface area contributed by atoms with Crippen LogP contribution in [0.25, 0.3) is 0 Å². The maximum Gasteiger partial charge on any atom is 0.183 e. The lowest BCUT2D eigenvalue weighted by Crippen LogP contribution is -3.15. The highest BCUT2D eigenvalue weighted by atomic mass is 16.7. The Kier molecular flexibility index (Phi) is 6.72. The van der Waals surface area contributed by atoms with Gasteiger partial charge in [-0.1, -0.05) is 19.8 Å². The largest absolute Gasteiger partial charge is 0.331 e. The average molecular weight is 382 g/mol. The molecule has 0 aromatic heterocycles. The summed E-state index contributed by atoms with van der Waals surface area (Å²) in [5.41, 5.74) is 3.37. The zero-order valence-electron chi connectivity index (χ0n) is 17.8. The summed E-state index contributed by atoms with van der Waals surface area (Å²) >= 11 is 0. The van der Waals surface area contributed by atoms with Crippen molar-refractivity contribution >= 4 is 0 Å². The summed E-state index contributed by atoms with van der Waals surface area (Å²) in [4.78, 5) is 10.3. The molecule has 3 heterocycles. The third-order valence-corrected chi connectivity index (χ3v) is 7.93. The lowest BCUT2D eigenvalue weighted by atomic mass is 9.82. The molecule has 1 aliphatic carbocycles. The molecule has 0 bridgehead atoms. The molecule has 4 fully saturated rings. The highest BCUT2D eigenvalue weighted by molar-refractivity contribution is 4.84. The minimum atomic E-state index is 0.196. The van der Waals surface area contributed by atoms with E-state index in [0.29, 0.717) is 24.3 Å². The topological polar surface area (TPSA) is 57.6 Å². The number of hydroxylamine groups is 1. The van der Waals surface area contributed by atoms with Crippen molar-refractivity contribution in [3.8, 4) is 0 Å². The van der Waals surface area contributed by atoms with Gasteiger partial charge in [0.1, 0.15) is 12.2 Å². The third-order valence-electron chi connectivity index (χ3n) is 7.93. The first-order chi connectivity index (χ1) is 13.1. The third kappa shape index (κ3) is 4.85. The van der Waals surface area contributed by atoms with E-state index in [-0.39, 0.29) is 6.23 Å². The highest BCUT2D eigenvalue weighted by Gasteiger charge is 2.44. The molecular formula is C21H43N5O+2. The number of hydrogen-bond donors (Lipinski definition) is 4. The van der Waals surface area contributed by atoms with Crippen LogP contribution >= 0.6 is 0 Å². The van der Waals surface area contributed by atoms with Crippen LogP contribution in [0, 0.1) is 17.8 Å². The molecule has 0 spiro atoms. The summed E-state index contributed by atoms with van der Waals surface area (Å²) in [5.74, 6) is 2.56. The maximum atomic E-state index is 6.11. The average Bonchev–Trinajstić information content (AvgIpc) is 3.33. The fourth-order valence-electron chi connectivity index (χ4n) is 6.01. The van der Waals surface area contributed by atoms with Crippen molar-refractivity contribution in [2.45, 2.75) is 82.9 Å². The van der Waals surface area contributed by atoms with Crippen molar-refractivity contribution in [1.29, 1.82) is 0 Å². The first-order valence-corrected chi connectivity index (χ1v) is 11.6. The minimum Gasteiger partial charge on any atom is -0.331 e. The monoisotopic (exact) mass is 381 g/mol. The minimum absolute atomic E-state index is 0.196. The molecule has 3 aliphatic heterocycles. The zero-order chi connectivity index (χ0) is 18.8. The van der Waals surface area contributed by atoms with E-state index in [0.717, 1.165) is 11.8 Å². The first-order valence-electron chi connectivity index (χ1n) is 11.6. The van der Waals surface area contributed by atoms with Gasteiger partial charge in [0.25, 0.3) is 0 Å². The van der Waals surface area contributed by atoms with E-state index in [1.54, 1.807) is 4.90 Å². The molecule has 156 valence electrons. The van der Waals surface area contributed by atoms with E-state index in [2.05, 4.69) is 42.0 Å². The zero-order valence-corrected chi connectivity index (χ0v) is 17.8. The summed E-state index contributed by atoms with van der Waals surface area (Å²) in [6.45, 7) is 6.31. The van der Waals surface area contributed by atoms with Gasteiger partial charge in [-0.05, 0) is 39.3 Å². The Morgan fingerprint density at radius 1 is 1.07 bits per heavy atom. The van der Waals surface area contributed by atoms with Crippen molar-refractivity contribution in [2.75, 3.05) is 33.7 Å². The van der Waals surface area contributed by atoms with Crippen LogP contribution in [-0.4, -0.2) is 63.2 Å². The summed E-state index contributed by atoms with van der Waals surface area (Å²) in [7, 11) is 4.38. The van der Waals surface area contributed by atoms with E-state index < -0.39 is 0 Å². The van der Waals surface area contributed by atoms with Gasteiger partial charge in [-0.2, -0.15) is 5.48 Å². The quantitative estimate of drug-likeness (QED) is 0.519. The molecule has 0 radical (unpaired) electrons. The van der Waals surface area contributed by atoms with Crippen LogP contribution in [0.2, 0.25) is 0 Å². The molecule has 4 rings (SSSR count). The molecule has 6 heteroatoms. The number of piperidine rings is 1. The van der Waals surface area contributed by atoms with E-state index in [1.165, 1.54) is 71.0 Å². The molecule has 1 saturated carbocycles. The van der Waals surface area contributed by atoms with Gasteiger partial charge in [0.05, 0.1) is 25.8 Å². The molecule has 0 aromatic carbocycles. The number of quaternary nitrogens is 2. The van der Waals surface area contributed by atoms with E-state index >= 15 is 0 Å². The van der Waals surface area contributed by atoms with Crippen LogP contribution in [0.3, 0.4) is 0 Å². The van der Waals surface area contributed by atoms with Crippen molar-refractivity contribution in [3.05, 3.63) is 0 Å². The van der Waals surface area contributed by atoms with Crippen molar-refractivity contribution in [3.63, 3.8) is 0 Å². The molecule has 5 N–H and O–H groups in total. The van der Waals surface area contributed by atoms with Gasteiger partial charge >= 0.3 is 0 Å². The molecule has 6 atom stereocenters. The summed E-state index contributed by atoms with van der Waals surface area (Å²) in [6, 6.07) is 0.629. The number of likely N-dealkylation sites (tertiary alicyclic amines) is 1. The van der Waals surface area contributed by atoms with Crippen molar-refractivity contribution in [1.82, 2.24) is 15.7 Å². The molecule has 0 aromatic rings. The Hall–Kier alpha value is -0.240. The molecular weight excluding hydrogens is 338 g/mol. The van der Waals surface area contributed by atoms with Gasteiger partial charge in [0.2, 0.25) is 0 Å². The van der Waals surface area contributed by atoms with Gasteiger partial charge < -0.3 is 10.2 Å². The lowest BCUT2D eigenvalue weighted by molar-refractivity contribution is -0.919. The number of hydrogen-bond acceptors (Lipinski definition) is 4. The molecule has 0 amide bonds. The summed E-state index contributed by atoms with van der Waals surface area (Å²) in [6.07, 6.45) is 12.2. The lowest BCUT2D eigenvalue weighted by Gasteiger charge is -2.33. The van der Waals surface area contributed by atoms with Gasteiger partial charge in [-0.3, -0.25) is 15.1 Å². The Bertz CT molecular complexity index is 459. The smallest absolute Gasteiger partial charge is 0.183 e. The van der Waals surface area contributed by atoms with Crippen LogP contribution in [0.15, 0.2) is 0 Å². The number of rotatable bonds is 5. The van der Waals surface area contributed by atoms with E-state index in [1.807, 2.05) is 0 Å². The van der Waals surface area contributed by atoms with Gasteiger partial charge in [0, 0.05) is 31.1 Å².